The minimum atomic E-state index is -0.526. The summed E-state index contributed by atoms with van der Waals surface area (Å²) in [5, 5.41) is 0. The van der Waals surface area contributed by atoms with Crippen LogP contribution >= 0.6 is 0 Å². The molecule has 7 nitrogen and oxygen atoms in total. The van der Waals surface area contributed by atoms with Crippen LogP contribution in [0.4, 0.5) is 4.79 Å². The van der Waals surface area contributed by atoms with E-state index in [2.05, 4.69) is 6.58 Å². The number of nitrogens with zero attached hydrogens (tertiary/aromatic N) is 3. The average Bonchev–Trinajstić information content (AvgIpc) is 3.22. The maximum absolute atomic E-state index is 12.6. The van der Waals surface area contributed by atoms with E-state index in [4.69, 9.17) is 4.74 Å². The Morgan fingerprint density at radius 3 is 2.25 bits per heavy atom. The van der Waals surface area contributed by atoms with Gasteiger partial charge in [-0.05, 0) is 39.7 Å². The zero-order valence-corrected chi connectivity index (χ0v) is 14.9. The summed E-state index contributed by atoms with van der Waals surface area (Å²) in [5.74, 6) is -0.355. The van der Waals surface area contributed by atoms with E-state index in [1.165, 1.54) is 11.0 Å². The Kier molecular flexibility index (Phi) is 5.20. The smallest absolute Gasteiger partial charge is 0.410 e. The summed E-state index contributed by atoms with van der Waals surface area (Å²) in [6, 6.07) is 0.236. The standard InChI is InChI=1S/C17H27N3O4/c1-6-14(21)18(5)11-15(22)20(12-7-8-12)13-9-19(10-13)16(23)24-17(2,3)4/h6,12-13H,1,7-11H2,2-5H3. The van der Waals surface area contributed by atoms with Crippen LogP contribution in [0.3, 0.4) is 0 Å². The summed E-state index contributed by atoms with van der Waals surface area (Å²) < 4.78 is 5.34. The molecule has 0 aromatic heterocycles. The summed E-state index contributed by atoms with van der Waals surface area (Å²) in [5.41, 5.74) is -0.526. The molecule has 1 saturated heterocycles. The van der Waals surface area contributed by atoms with E-state index in [-0.39, 0.29) is 36.5 Å². The molecule has 0 unspecified atom stereocenters. The van der Waals surface area contributed by atoms with Crippen molar-refractivity contribution in [1.29, 1.82) is 0 Å². The van der Waals surface area contributed by atoms with Gasteiger partial charge in [0.15, 0.2) is 0 Å². The van der Waals surface area contributed by atoms with Crippen molar-refractivity contribution in [1.82, 2.24) is 14.7 Å². The maximum Gasteiger partial charge on any atom is 0.410 e. The molecular weight excluding hydrogens is 310 g/mol. The predicted molar refractivity (Wildman–Crippen MR) is 89.3 cm³/mol. The quantitative estimate of drug-likeness (QED) is 0.708. The van der Waals surface area contributed by atoms with E-state index in [1.54, 1.807) is 11.9 Å². The summed E-state index contributed by atoms with van der Waals surface area (Å²) in [7, 11) is 1.58. The van der Waals surface area contributed by atoms with Crippen molar-refractivity contribution in [2.24, 2.45) is 0 Å². The van der Waals surface area contributed by atoms with E-state index >= 15 is 0 Å². The molecule has 0 aromatic carbocycles. The number of carbonyl (C=O) groups is 3. The number of likely N-dealkylation sites (N-methyl/N-ethyl adjacent to an activating group) is 1. The van der Waals surface area contributed by atoms with Crippen LogP contribution in [0.1, 0.15) is 33.6 Å². The molecule has 3 amide bonds. The van der Waals surface area contributed by atoms with Crippen molar-refractivity contribution in [3.63, 3.8) is 0 Å². The number of hydrogen-bond donors (Lipinski definition) is 0. The molecule has 0 radical (unpaired) electrons. The fourth-order valence-corrected chi connectivity index (χ4v) is 2.68. The number of rotatable bonds is 5. The van der Waals surface area contributed by atoms with Gasteiger partial charge in [0, 0.05) is 26.2 Å². The minimum Gasteiger partial charge on any atom is -0.444 e. The molecule has 1 saturated carbocycles. The third-order valence-corrected chi connectivity index (χ3v) is 4.06. The Hall–Kier alpha value is -2.05. The van der Waals surface area contributed by atoms with Gasteiger partial charge in [-0.2, -0.15) is 0 Å². The molecule has 1 aliphatic heterocycles. The largest absolute Gasteiger partial charge is 0.444 e. The van der Waals surface area contributed by atoms with Gasteiger partial charge >= 0.3 is 6.09 Å². The Balaban J connectivity index is 1.89. The molecule has 134 valence electrons. The topological polar surface area (TPSA) is 70.2 Å². The lowest BCUT2D eigenvalue weighted by Crippen LogP contribution is -2.64. The molecule has 2 fully saturated rings. The van der Waals surface area contributed by atoms with Gasteiger partial charge in [-0.15, -0.1) is 0 Å². The number of amides is 3. The highest BCUT2D eigenvalue weighted by molar-refractivity contribution is 5.91. The Morgan fingerprint density at radius 2 is 1.79 bits per heavy atom. The molecule has 0 N–H and O–H groups in total. The van der Waals surface area contributed by atoms with E-state index < -0.39 is 5.60 Å². The zero-order chi connectivity index (χ0) is 18.1. The van der Waals surface area contributed by atoms with Gasteiger partial charge < -0.3 is 19.4 Å². The van der Waals surface area contributed by atoms with Crippen LogP contribution in [0.5, 0.6) is 0 Å². The Labute approximate surface area is 143 Å². The average molecular weight is 337 g/mol. The first-order valence-corrected chi connectivity index (χ1v) is 8.29. The number of carbonyl (C=O) groups excluding carboxylic acids is 3. The molecule has 0 bridgehead atoms. The summed E-state index contributed by atoms with van der Waals surface area (Å²) in [6.07, 6.45) is 2.81. The van der Waals surface area contributed by atoms with Gasteiger partial charge in [-0.3, -0.25) is 9.59 Å². The summed E-state index contributed by atoms with van der Waals surface area (Å²) in [4.78, 5) is 40.9. The molecular formula is C17H27N3O4. The third kappa shape index (κ3) is 4.49. The van der Waals surface area contributed by atoms with Gasteiger partial charge in [0.1, 0.15) is 5.60 Å². The van der Waals surface area contributed by atoms with Gasteiger partial charge in [-0.25, -0.2) is 4.79 Å². The van der Waals surface area contributed by atoms with Gasteiger partial charge in [0.2, 0.25) is 11.8 Å². The Morgan fingerprint density at radius 1 is 1.21 bits per heavy atom. The SMILES string of the molecule is C=CC(=O)N(C)CC(=O)N(C1CC1)C1CN(C(=O)OC(C)(C)C)C1. The van der Waals surface area contributed by atoms with Crippen molar-refractivity contribution in [3.05, 3.63) is 12.7 Å². The molecule has 0 aromatic rings. The first kappa shape index (κ1) is 18.3. The minimum absolute atomic E-state index is 0.00440. The molecule has 2 aliphatic rings. The van der Waals surface area contributed by atoms with Crippen LogP contribution in [-0.2, 0) is 14.3 Å². The second kappa shape index (κ2) is 6.83. The first-order valence-electron chi connectivity index (χ1n) is 8.29. The maximum atomic E-state index is 12.6. The van der Waals surface area contributed by atoms with Gasteiger partial charge in [0.05, 0.1) is 12.6 Å². The van der Waals surface area contributed by atoms with Crippen molar-refractivity contribution in [2.75, 3.05) is 26.7 Å². The van der Waals surface area contributed by atoms with Crippen molar-refractivity contribution in [2.45, 2.75) is 51.3 Å². The van der Waals surface area contributed by atoms with Crippen LogP contribution < -0.4 is 0 Å². The van der Waals surface area contributed by atoms with E-state index in [0.717, 1.165) is 12.8 Å². The van der Waals surface area contributed by atoms with Crippen LogP contribution in [0.15, 0.2) is 12.7 Å². The lowest BCUT2D eigenvalue weighted by molar-refractivity contribution is -0.142. The first-order chi connectivity index (χ1) is 11.1. The molecule has 2 rings (SSSR count). The fraction of sp³-hybridized carbons (Fsp3) is 0.706. The number of likely N-dealkylation sites (tertiary alicyclic amines) is 1. The molecule has 0 atom stereocenters. The van der Waals surface area contributed by atoms with Crippen molar-refractivity contribution < 1.29 is 19.1 Å². The summed E-state index contributed by atoms with van der Waals surface area (Å²) >= 11 is 0. The monoisotopic (exact) mass is 337 g/mol. The predicted octanol–water partition coefficient (Wildman–Crippen LogP) is 1.24. The molecule has 7 heteroatoms. The second-order valence-corrected chi connectivity index (χ2v) is 7.47. The lowest BCUT2D eigenvalue weighted by Gasteiger charge is -2.45. The number of ether oxygens (including phenoxy) is 1. The second-order valence-electron chi connectivity index (χ2n) is 7.47. The highest BCUT2D eigenvalue weighted by Crippen LogP contribution is 2.32. The molecule has 24 heavy (non-hydrogen) atoms. The Bertz CT molecular complexity index is 530. The van der Waals surface area contributed by atoms with Crippen LogP contribution in [0.25, 0.3) is 0 Å². The van der Waals surface area contributed by atoms with Crippen molar-refractivity contribution in [3.8, 4) is 0 Å². The molecule has 1 aliphatic carbocycles. The molecule has 0 spiro atoms. The normalized spacial score (nSPS) is 17.8. The highest BCUT2D eigenvalue weighted by Gasteiger charge is 2.44. The van der Waals surface area contributed by atoms with Gasteiger partial charge in [0.25, 0.3) is 0 Å². The van der Waals surface area contributed by atoms with Crippen LogP contribution in [-0.4, -0.2) is 77.0 Å². The van der Waals surface area contributed by atoms with Crippen LogP contribution in [0.2, 0.25) is 0 Å². The fourth-order valence-electron chi connectivity index (χ4n) is 2.68. The zero-order valence-electron chi connectivity index (χ0n) is 14.9. The third-order valence-electron chi connectivity index (χ3n) is 4.06. The highest BCUT2D eigenvalue weighted by atomic mass is 16.6. The van der Waals surface area contributed by atoms with E-state index in [0.29, 0.717) is 13.1 Å². The molecule has 1 heterocycles. The van der Waals surface area contributed by atoms with E-state index in [9.17, 15) is 14.4 Å². The van der Waals surface area contributed by atoms with Crippen molar-refractivity contribution >= 4 is 17.9 Å². The van der Waals surface area contributed by atoms with E-state index in [1.807, 2.05) is 25.7 Å². The summed E-state index contributed by atoms with van der Waals surface area (Å²) in [6.45, 7) is 9.91. The lowest BCUT2D eigenvalue weighted by atomic mass is 10.1. The van der Waals surface area contributed by atoms with Crippen LogP contribution in [0, 0.1) is 0 Å². The number of hydrogen-bond acceptors (Lipinski definition) is 4. The van der Waals surface area contributed by atoms with Gasteiger partial charge in [-0.1, -0.05) is 6.58 Å².